The van der Waals surface area contributed by atoms with Crippen molar-refractivity contribution in [2.75, 3.05) is 16.4 Å². The minimum atomic E-state index is 0.716. The molecule has 4 heteroatoms. The fourth-order valence-corrected chi connectivity index (χ4v) is 4.73. The van der Waals surface area contributed by atoms with Gasteiger partial charge in [-0.2, -0.15) is 0 Å². The quantitative estimate of drug-likeness (QED) is 0.280. The van der Waals surface area contributed by atoms with Crippen LogP contribution in [-0.2, 0) is 0 Å². The van der Waals surface area contributed by atoms with Gasteiger partial charge in [-0.3, -0.25) is 0 Å². The number of fused-ring (bicyclic) bond motifs is 3. The van der Waals surface area contributed by atoms with Crippen LogP contribution in [0.5, 0.6) is 0 Å². The van der Waals surface area contributed by atoms with Gasteiger partial charge in [0.1, 0.15) is 0 Å². The molecule has 0 aliphatic carbocycles. The molecule has 0 aliphatic heterocycles. The normalized spacial score (nSPS) is 11.2. The van der Waals surface area contributed by atoms with Gasteiger partial charge in [0.15, 0.2) is 0 Å². The van der Waals surface area contributed by atoms with E-state index in [1.54, 1.807) is 0 Å². The fourth-order valence-electron chi connectivity index (χ4n) is 4.73. The minimum Gasteiger partial charge on any atom is -0.399 e. The number of benzene rings is 5. The molecule has 0 saturated heterocycles. The van der Waals surface area contributed by atoms with E-state index in [9.17, 15) is 0 Å². The van der Waals surface area contributed by atoms with Crippen LogP contribution in [0.2, 0.25) is 0 Å². The van der Waals surface area contributed by atoms with Crippen LogP contribution in [0.3, 0.4) is 0 Å². The maximum absolute atomic E-state index is 6.12. The molecule has 0 unspecified atom stereocenters. The van der Waals surface area contributed by atoms with Gasteiger partial charge in [-0.25, -0.2) is 0 Å². The molecule has 0 amide bonds. The molecule has 4 N–H and O–H groups in total. The molecular formula is C30H24N4. The molecule has 164 valence electrons. The molecular weight excluding hydrogens is 416 g/mol. The van der Waals surface area contributed by atoms with E-state index in [0.717, 1.165) is 22.7 Å². The Labute approximate surface area is 198 Å². The van der Waals surface area contributed by atoms with Crippen LogP contribution in [-0.4, -0.2) is 4.57 Å². The molecule has 6 rings (SSSR count). The predicted molar refractivity (Wildman–Crippen MR) is 144 cm³/mol. The van der Waals surface area contributed by atoms with E-state index in [2.05, 4.69) is 94.4 Å². The summed E-state index contributed by atoms with van der Waals surface area (Å²) < 4.78 is 2.32. The van der Waals surface area contributed by atoms with Crippen molar-refractivity contribution >= 4 is 50.2 Å². The summed E-state index contributed by atoms with van der Waals surface area (Å²) in [7, 11) is 0. The van der Waals surface area contributed by atoms with E-state index in [0.29, 0.717) is 11.4 Å². The van der Waals surface area contributed by atoms with Crippen molar-refractivity contribution in [1.29, 1.82) is 0 Å². The first-order valence-corrected chi connectivity index (χ1v) is 11.3. The first kappa shape index (κ1) is 19.9. The van der Waals surface area contributed by atoms with E-state index in [4.69, 9.17) is 11.5 Å². The highest BCUT2D eigenvalue weighted by Crippen LogP contribution is 2.37. The summed E-state index contributed by atoms with van der Waals surface area (Å²) in [5, 5.41) is 2.51. The molecule has 5 aromatic carbocycles. The molecule has 1 aromatic heterocycles. The van der Waals surface area contributed by atoms with Gasteiger partial charge in [-0.1, -0.05) is 48.5 Å². The molecule has 0 aliphatic rings. The van der Waals surface area contributed by atoms with E-state index in [1.165, 1.54) is 21.8 Å². The third-order valence-electron chi connectivity index (χ3n) is 6.20. The second kappa shape index (κ2) is 8.01. The SMILES string of the molecule is Nc1cccc(N(c2ccc(-n3c4ccccc4c4ccccc43)cc2)c2cccc(N)c2)c1. The summed E-state index contributed by atoms with van der Waals surface area (Å²) in [6, 6.07) is 41.5. The van der Waals surface area contributed by atoms with Crippen LogP contribution >= 0.6 is 0 Å². The average Bonchev–Trinajstić information content (AvgIpc) is 3.19. The Morgan fingerprint density at radius 1 is 0.471 bits per heavy atom. The monoisotopic (exact) mass is 440 g/mol. The van der Waals surface area contributed by atoms with E-state index < -0.39 is 0 Å². The smallest absolute Gasteiger partial charge is 0.0541 e. The molecule has 0 atom stereocenters. The first-order valence-electron chi connectivity index (χ1n) is 11.3. The van der Waals surface area contributed by atoms with Crippen LogP contribution in [0.25, 0.3) is 27.5 Å². The van der Waals surface area contributed by atoms with Crippen molar-refractivity contribution in [1.82, 2.24) is 4.57 Å². The summed E-state index contributed by atoms with van der Waals surface area (Å²) in [6.45, 7) is 0. The lowest BCUT2D eigenvalue weighted by Gasteiger charge is -2.26. The first-order chi connectivity index (χ1) is 16.7. The van der Waals surface area contributed by atoms with Gasteiger partial charge in [-0.05, 0) is 72.8 Å². The highest BCUT2D eigenvalue weighted by Gasteiger charge is 2.15. The number of rotatable bonds is 4. The second-order valence-electron chi connectivity index (χ2n) is 8.41. The van der Waals surface area contributed by atoms with Crippen LogP contribution in [0.15, 0.2) is 121 Å². The summed E-state index contributed by atoms with van der Waals surface area (Å²) in [5.74, 6) is 0. The standard InChI is InChI=1S/C30H24N4/c31-21-7-5-9-25(19-21)33(26-10-6-8-22(32)20-26)23-15-17-24(18-16-23)34-29-13-3-1-11-27(29)28-12-2-4-14-30(28)34/h1-20H,31-32H2. The number of hydrogen-bond donors (Lipinski definition) is 2. The number of nitrogens with zero attached hydrogens (tertiary/aromatic N) is 2. The van der Waals surface area contributed by atoms with Gasteiger partial charge < -0.3 is 20.9 Å². The number of hydrogen-bond acceptors (Lipinski definition) is 3. The third kappa shape index (κ3) is 3.33. The number of para-hydroxylation sites is 2. The lowest BCUT2D eigenvalue weighted by Crippen LogP contribution is -2.10. The summed E-state index contributed by atoms with van der Waals surface area (Å²) in [6.07, 6.45) is 0. The Morgan fingerprint density at radius 3 is 1.47 bits per heavy atom. The highest BCUT2D eigenvalue weighted by atomic mass is 15.1. The van der Waals surface area contributed by atoms with Gasteiger partial charge >= 0.3 is 0 Å². The van der Waals surface area contributed by atoms with Crippen LogP contribution < -0.4 is 16.4 Å². The summed E-state index contributed by atoms with van der Waals surface area (Å²) in [4.78, 5) is 2.17. The second-order valence-corrected chi connectivity index (χ2v) is 8.41. The molecule has 0 radical (unpaired) electrons. The zero-order valence-corrected chi connectivity index (χ0v) is 18.6. The molecule has 1 heterocycles. The molecule has 0 bridgehead atoms. The van der Waals surface area contributed by atoms with Crippen LogP contribution in [0.4, 0.5) is 28.4 Å². The zero-order valence-electron chi connectivity index (χ0n) is 18.6. The molecule has 0 saturated carbocycles. The maximum Gasteiger partial charge on any atom is 0.0541 e. The largest absolute Gasteiger partial charge is 0.399 e. The predicted octanol–water partition coefficient (Wildman–Crippen LogP) is 7.42. The topological polar surface area (TPSA) is 60.2 Å². The molecule has 0 spiro atoms. The van der Waals surface area contributed by atoms with Gasteiger partial charge in [0, 0.05) is 44.9 Å². The Kier molecular flexibility index (Phi) is 4.70. The van der Waals surface area contributed by atoms with E-state index >= 15 is 0 Å². The Balaban J connectivity index is 1.51. The third-order valence-corrected chi connectivity index (χ3v) is 6.20. The number of nitrogen functional groups attached to an aromatic ring is 2. The van der Waals surface area contributed by atoms with Crippen molar-refractivity contribution in [3.63, 3.8) is 0 Å². The molecule has 0 fully saturated rings. The molecule has 4 nitrogen and oxygen atoms in total. The van der Waals surface area contributed by atoms with Gasteiger partial charge in [0.2, 0.25) is 0 Å². The highest BCUT2D eigenvalue weighted by molar-refractivity contribution is 6.09. The summed E-state index contributed by atoms with van der Waals surface area (Å²) >= 11 is 0. The Morgan fingerprint density at radius 2 is 0.971 bits per heavy atom. The minimum absolute atomic E-state index is 0.716. The number of anilines is 5. The lowest BCUT2D eigenvalue weighted by atomic mass is 10.1. The number of aromatic nitrogens is 1. The molecule has 6 aromatic rings. The average molecular weight is 441 g/mol. The van der Waals surface area contributed by atoms with E-state index in [-0.39, 0.29) is 0 Å². The van der Waals surface area contributed by atoms with Crippen molar-refractivity contribution in [2.45, 2.75) is 0 Å². The Bertz CT molecular complexity index is 1530. The van der Waals surface area contributed by atoms with Crippen molar-refractivity contribution in [3.05, 3.63) is 121 Å². The number of nitrogens with two attached hydrogens (primary N) is 2. The van der Waals surface area contributed by atoms with E-state index in [1.807, 2.05) is 36.4 Å². The zero-order chi connectivity index (χ0) is 23.1. The van der Waals surface area contributed by atoms with Gasteiger partial charge in [0.25, 0.3) is 0 Å². The van der Waals surface area contributed by atoms with Crippen molar-refractivity contribution < 1.29 is 0 Å². The van der Waals surface area contributed by atoms with Crippen molar-refractivity contribution in [2.24, 2.45) is 0 Å². The Hall–Kier alpha value is -4.70. The van der Waals surface area contributed by atoms with Crippen LogP contribution in [0.1, 0.15) is 0 Å². The summed E-state index contributed by atoms with van der Waals surface area (Å²) in [5.41, 5.74) is 20.2. The molecule has 34 heavy (non-hydrogen) atoms. The fraction of sp³-hybridized carbons (Fsp3) is 0. The van der Waals surface area contributed by atoms with Gasteiger partial charge in [0.05, 0.1) is 11.0 Å². The van der Waals surface area contributed by atoms with Crippen LogP contribution in [0, 0.1) is 0 Å². The maximum atomic E-state index is 6.12. The lowest BCUT2D eigenvalue weighted by molar-refractivity contribution is 1.17. The van der Waals surface area contributed by atoms with Crippen molar-refractivity contribution in [3.8, 4) is 5.69 Å². The van der Waals surface area contributed by atoms with Gasteiger partial charge in [-0.15, -0.1) is 0 Å².